The van der Waals surface area contributed by atoms with E-state index in [1.165, 1.54) is 4.90 Å². The molecule has 1 atom stereocenters. The first-order valence-corrected chi connectivity index (χ1v) is 7.25. The van der Waals surface area contributed by atoms with Crippen LogP contribution < -0.4 is 0 Å². The minimum Gasteiger partial charge on any atom is -0.480 e. The summed E-state index contributed by atoms with van der Waals surface area (Å²) in [7, 11) is 0. The van der Waals surface area contributed by atoms with E-state index >= 15 is 0 Å². The van der Waals surface area contributed by atoms with Crippen molar-refractivity contribution in [2.45, 2.75) is 59.4 Å². The zero-order valence-corrected chi connectivity index (χ0v) is 12.6. The molecule has 19 heavy (non-hydrogen) atoms. The number of likely N-dealkylation sites (N-methyl/N-ethyl adjacent to an activating group) is 1. The highest BCUT2D eigenvalue weighted by atomic mass is 16.4. The lowest BCUT2D eigenvalue weighted by Gasteiger charge is -2.40. The van der Waals surface area contributed by atoms with Crippen molar-refractivity contribution < 1.29 is 14.7 Å². The van der Waals surface area contributed by atoms with Crippen LogP contribution in [-0.2, 0) is 9.59 Å². The molecule has 0 spiro atoms. The number of carboxylic acids is 1. The maximum Gasteiger partial charge on any atom is 0.326 e. The molecule has 1 N–H and O–H groups in total. The van der Waals surface area contributed by atoms with Gasteiger partial charge in [0.2, 0.25) is 6.41 Å². The summed E-state index contributed by atoms with van der Waals surface area (Å²) < 4.78 is 0. The van der Waals surface area contributed by atoms with Crippen LogP contribution in [0, 0.1) is 17.3 Å². The molecule has 0 aliphatic heterocycles. The van der Waals surface area contributed by atoms with Crippen molar-refractivity contribution >= 4 is 12.4 Å². The topological polar surface area (TPSA) is 57.6 Å². The molecule has 1 aliphatic carbocycles. The first-order chi connectivity index (χ1) is 8.81. The van der Waals surface area contributed by atoms with E-state index in [9.17, 15) is 14.7 Å². The lowest BCUT2D eigenvalue weighted by Crippen LogP contribution is -2.47. The molecule has 1 unspecified atom stereocenters. The Bertz CT molecular complexity index is 314. The van der Waals surface area contributed by atoms with Crippen LogP contribution in [0.1, 0.15) is 53.4 Å². The van der Waals surface area contributed by atoms with Gasteiger partial charge >= 0.3 is 5.97 Å². The molecule has 0 heterocycles. The van der Waals surface area contributed by atoms with Gasteiger partial charge in [0.1, 0.15) is 6.04 Å². The van der Waals surface area contributed by atoms with Crippen LogP contribution in [0.5, 0.6) is 0 Å². The fourth-order valence-corrected chi connectivity index (χ4v) is 3.25. The Morgan fingerprint density at radius 3 is 2.16 bits per heavy atom. The lowest BCUT2D eigenvalue weighted by molar-refractivity contribution is -0.149. The molecule has 110 valence electrons. The summed E-state index contributed by atoms with van der Waals surface area (Å²) in [5.41, 5.74) is 0.290. The Kier molecular flexibility index (Phi) is 5.39. The molecule has 1 saturated carbocycles. The quantitative estimate of drug-likeness (QED) is 0.781. The lowest BCUT2D eigenvalue weighted by atomic mass is 9.68. The Hall–Kier alpha value is -1.06. The van der Waals surface area contributed by atoms with Gasteiger partial charge in [0.15, 0.2) is 0 Å². The predicted octanol–water partition coefficient (Wildman–Crippen LogP) is 2.77. The van der Waals surface area contributed by atoms with Gasteiger partial charge < -0.3 is 10.0 Å². The molecule has 1 rings (SSSR count). The number of carbonyl (C=O) groups is 2. The average Bonchev–Trinajstić information content (AvgIpc) is 2.34. The summed E-state index contributed by atoms with van der Waals surface area (Å²) >= 11 is 0. The van der Waals surface area contributed by atoms with E-state index in [1.54, 1.807) is 0 Å². The van der Waals surface area contributed by atoms with Crippen LogP contribution in [0.2, 0.25) is 0 Å². The minimum absolute atomic E-state index is 0.0984. The molecule has 1 fully saturated rings. The molecule has 0 saturated heterocycles. The van der Waals surface area contributed by atoms with Gasteiger partial charge in [-0.1, -0.05) is 20.8 Å². The summed E-state index contributed by atoms with van der Waals surface area (Å²) in [4.78, 5) is 23.9. The number of aliphatic carboxylic acids is 1. The van der Waals surface area contributed by atoms with E-state index in [1.807, 2.05) is 6.92 Å². The third-order valence-corrected chi connectivity index (χ3v) is 4.55. The normalized spacial score (nSPS) is 25.7. The van der Waals surface area contributed by atoms with Gasteiger partial charge in [0.05, 0.1) is 0 Å². The molecule has 0 radical (unpaired) electrons. The number of carboxylic acid groups (broad SMARTS) is 1. The van der Waals surface area contributed by atoms with Gasteiger partial charge in [-0.3, -0.25) is 4.79 Å². The molecule has 4 nitrogen and oxygen atoms in total. The van der Waals surface area contributed by atoms with Gasteiger partial charge in [0, 0.05) is 6.54 Å². The van der Waals surface area contributed by atoms with Gasteiger partial charge in [-0.25, -0.2) is 4.79 Å². The zero-order valence-electron chi connectivity index (χ0n) is 12.6. The largest absolute Gasteiger partial charge is 0.480 e. The molecule has 1 aliphatic rings. The Labute approximate surface area is 116 Å². The number of hydrogen-bond donors (Lipinski definition) is 1. The third kappa shape index (κ3) is 3.95. The molecular weight excluding hydrogens is 242 g/mol. The maximum atomic E-state index is 11.4. The number of amides is 1. The highest BCUT2D eigenvalue weighted by Crippen LogP contribution is 2.41. The van der Waals surface area contributed by atoms with Crippen molar-refractivity contribution in [3.8, 4) is 0 Å². The summed E-state index contributed by atoms with van der Waals surface area (Å²) in [6.07, 6.45) is 4.61. The van der Waals surface area contributed by atoms with Crippen LogP contribution in [0.25, 0.3) is 0 Å². The second kappa shape index (κ2) is 6.40. The van der Waals surface area contributed by atoms with Crippen LogP contribution >= 0.6 is 0 Å². The molecule has 0 aromatic carbocycles. The molecule has 0 aromatic rings. The van der Waals surface area contributed by atoms with Gasteiger partial charge in [-0.2, -0.15) is 0 Å². The molecule has 0 bridgehead atoms. The van der Waals surface area contributed by atoms with E-state index in [2.05, 4.69) is 20.8 Å². The number of hydrogen-bond acceptors (Lipinski definition) is 2. The Morgan fingerprint density at radius 2 is 1.84 bits per heavy atom. The number of nitrogens with zero attached hydrogens (tertiary/aromatic N) is 1. The van der Waals surface area contributed by atoms with Gasteiger partial charge in [-0.15, -0.1) is 0 Å². The highest BCUT2D eigenvalue weighted by Gasteiger charge is 2.37. The fourth-order valence-electron chi connectivity index (χ4n) is 3.25. The highest BCUT2D eigenvalue weighted by molar-refractivity contribution is 5.76. The molecule has 4 heteroatoms. The van der Waals surface area contributed by atoms with Crippen molar-refractivity contribution in [2.75, 3.05) is 6.54 Å². The van der Waals surface area contributed by atoms with E-state index in [4.69, 9.17) is 0 Å². The summed E-state index contributed by atoms with van der Waals surface area (Å²) in [5.74, 6) is -0.112. The standard InChI is InChI=1S/C15H27NO3/c1-5-16(10-17)13(14(18)19)11-6-8-12(9-7-11)15(2,3)4/h10-13H,5-9H2,1-4H3,(H,18,19). The Balaban J connectivity index is 2.70. The van der Waals surface area contributed by atoms with Crippen LogP contribution in [0.3, 0.4) is 0 Å². The fraction of sp³-hybridized carbons (Fsp3) is 0.867. The molecule has 1 amide bonds. The first kappa shape index (κ1) is 16.0. The second-order valence-corrected chi connectivity index (χ2v) is 6.70. The smallest absolute Gasteiger partial charge is 0.326 e. The van der Waals surface area contributed by atoms with Crippen molar-refractivity contribution in [1.82, 2.24) is 4.90 Å². The van der Waals surface area contributed by atoms with E-state index in [0.29, 0.717) is 24.3 Å². The first-order valence-electron chi connectivity index (χ1n) is 7.25. The van der Waals surface area contributed by atoms with E-state index in [-0.39, 0.29) is 5.92 Å². The van der Waals surface area contributed by atoms with Crippen molar-refractivity contribution in [1.29, 1.82) is 0 Å². The summed E-state index contributed by atoms with van der Waals surface area (Å²) in [6, 6.07) is -0.650. The molecular formula is C15H27NO3. The van der Waals surface area contributed by atoms with Crippen LogP contribution in [-0.4, -0.2) is 35.0 Å². The zero-order chi connectivity index (χ0) is 14.6. The van der Waals surface area contributed by atoms with E-state index < -0.39 is 12.0 Å². The van der Waals surface area contributed by atoms with Crippen LogP contribution in [0.4, 0.5) is 0 Å². The van der Waals surface area contributed by atoms with Crippen molar-refractivity contribution in [3.63, 3.8) is 0 Å². The Morgan fingerprint density at radius 1 is 1.32 bits per heavy atom. The summed E-state index contributed by atoms with van der Waals surface area (Å²) in [6.45, 7) is 9.02. The average molecular weight is 269 g/mol. The SMILES string of the molecule is CCN(C=O)C(C(=O)O)C1CCC(C(C)(C)C)CC1. The monoisotopic (exact) mass is 269 g/mol. The second-order valence-electron chi connectivity index (χ2n) is 6.70. The van der Waals surface area contributed by atoms with Gasteiger partial charge in [-0.05, 0) is 49.9 Å². The third-order valence-electron chi connectivity index (χ3n) is 4.55. The summed E-state index contributed by atoms with van der Waals surface area (Å²) in [5, 5.41) is 9.38. The van der Waals surface area contributed by atoms with E-state index in [0.717, 1.165) is 25.7 Å². The minimum atomic E-state index is -0.867. The maximum absolute atomic E-state index is 11.4. The number of rotatable bonds is 5. The van der Waals surface area contributed by atoms with Crippen molar-refractivity contribution in [3.05, 3.63) is 0 Å². The predicted molar refractivity (Wildman–Crippen MR) is 74.8 cm³/mol. The van der Waals surface area contributed by atoms with Crippen molar-refractivity contribution in [2.24, 2.45) is 17.3 Å². The number of carbonyl (C=O) groups excluding carboxylic acids is 1. The van der Waals surface area contributed by atoms with Gasteiger partial charge in [0.25, 0.3) is 0 Å². The van der Waals surface area contributed by atoms with Crippen LogP contribution in [0.15, 0.2) is 0 Å². The molecule has 0 aromatic heterocycles.